The maximum absolute atomic E-state index is 12.6. The topological polar surface area (TPSA) is 9.23 Å². The van der Waals surface area contributed by atoms with Gasteiger partial charge in [-0.2, -0.15) is 13.2 Å². The molecule has 0 amide bonds. The van der Waals surface area contributed by atoms with E-state index < -0.39 is 11.7 Å². The van der Waals surface area contributed by atoms with Gasteiger partial charge in [-0.05, 0) is 36.8 Å². The number of ether oxygens (including phenoxy) is 1. The lowest BCUT2D eigenvalue weighted by Crippen LogP contribution is -2.28. The predicted molar refractivity (Wildman–Crippen MR) is 63.8 cm³/mol. The van der Waals surface area contributed by atoms with Crippen LogP contribution < -0.4 is 4.74 Å². The largest absolute Gasteiger partial charge is 0.492 e. The summed E-state index contributed by atoms with van der Waals surface area (Å²) in [5.41, 5.74) is -0.844. The maximum atomic E-state index is 12.6. The Bertz CT molecular complexity index is 431. The second-order valence-electron chi connectivity index (χ2n) is 4.74. The Morgan fingerprint density at radius 1 is 1.33 bits per heavy atom. The molecule has 100 valence electrons. The molecule has 0 radical (unpaired) electrons. The average Bonchev–Trinajstić information content (AvgIpc) is 2.28. The third-order valence-electron chi connectivity index (χ3n) is 3.52. The molecule has 0 saturated heterocycles. The number of rotatable bonds is 3. The predicted octanol–water partition coefficient (Wildman–Crippen LogP) is 4.78. The van der Waals surface area contributed by atoms with Gasteiger partial charge < -0.3 is 4.74 Å². The summed E-state index contributed by atoms with van der Waals surface area (Å²) in [5.74, 6) is 1.12. The van der Waals surface area contributed by atoms with Crippen LogP contribution in [0, 0.1) is 11.8 Å². The summed E-state index contributed by atoms with van der Waals surface area (Å²) in [5, 5.41) is -0.350. The molecule has 0 heterocycles. The van der Waals surface area contributed by atoms with Crippen molar-refractivity contribution in [2.24, 2.45) is 11.8 Å². The first-order valence-electron chi connectivity index (χ1n) is 5.88. The lowest BCUT2D eigenvalue weighted by molar-refractivity contribution is -0.137. The van der Waals surface area contributed by atoms with E-state index in [-0.39, 0.29) is 10.8 Å². The summed E-state index contributed by atoms with van der Waals surface area (Å²) in [6, 6.07) is 3.75. The van der Waals surface area contributed by atoms with E-state index in [2.05, 4.69) is 6.92 Å². The number of hydrogen-bond acceptors (Lipinski definition) is 1. The van der Waals surface area contributed by atoms with Crippen molar-refractivity contribution in [2.75, 3.05) is 6.61 Å². The first kappa shape index (κ1) is 13.5. The van der Waals surface area contributed by atoms with Gasteiger partial charge in [0.1, 0.15) is 5.75 Å². The monoisotopic (exact) mass is 278 g/mol. The zero-order chi connectivity index (χ0) is 13.3. The molecule has 0 N–H and O–H groups in total. The minimum atomic E-state index is -4.44. The third-order valence-corrected chi connectivity index (χ3v) is 3.91. The van der Waals surface area contributed by atoms with Crippen LogP contribution >= 0.6 is 11.6 Å². The lowest BCUT2D eigenvalue weighted by atomic mass is 9.75. The van der Waals surface area contributed by atoms with Gasteiger partial charge in [0.05, 0.1) is 17.2 Å². The van der Waals surface area contributed by atoms with Gasteiger partial charge in [0, 0.05) is 0 Å². The average molecular weight is 279 g/mol. The first-order valence-corrected chi connectivity index (χ1v) is 6.26. The summed E-state index contributed by atoms with van der Waals surface area (Å²) in [6.45, 7) is 2.55. The standard InChI is InChI=1S/C13H14ClF3O/c1-8-5-6-9(8)7-18-11-4-2-3-10(12(11)14)13(15,16)17/h2-4,8-9H,5-7H2,1H3/t8-,9+/m1/s1. The van der Waals surface area contributed by atoms with Crippen LogP contribution in [0.2, 0.25) is 5.02 Å². The van der Waals surface area contributed by atoms with E-state index in [1.807, 2.05) is 0 Å². The maximum Gasteiger partial charge on any atom is 0.417 e. The van der Waals surface area contributed by atoms with Crippen LogP contribution in [-0.4, -0.2) is 6.61 Å². The Balaban J connectivity index is 2.09. The van der Waals surface area contributed by atoms with Crippen molar-refractivity contribution in [2.45, 2.75) is 25.9 Å². The molecule has 2 rings (SSSR count). The quantitative estimate of drug-likeness (QED) is 0.773. The Morgan fingerprint density at radius 3 is 2.56 bits per heavy atom. The fourth-order valence-corrected chi connectivity index (χ4v) is 2.31. The minimum absolute atomic E-state index is 0.116. The first-order chi connectivity index (χ1) is 8.39. The number of hydrogen-bond donors (Lipinski definition) is 0. The van der Waals surface area contributed by atoms with Crippen LogP contribution in [0.1, 0.15) is 25.3 Å². The molecule has 0 aliphatic heterocycles. The van der Waals surface area contributed by atoms with Gasteiger partial charge in [-0.25, -0.2) is 0 Å². The van der Waals surface area contributed by atoms with Crippen molar-refractivity contribution in [1.29, 1.82) is 0 Å². The SMILES string of the molecule is C[C@@H]1CC[C@H]1COc1cccc(C(F)(F)F)c1Cl. The van der Waals surface area contributed by atoms with Crippen LogP contribution in [0.15, 0.2) is 18.2 Å². The van der Waals surface area contributed by atoms with Crippen molar-refractivity contribution in [1.82, 2.24) is 0 Å². The summed E-state index contributed by atoms with van der Waals surface area (Å²) < 4.78 is 43.3. The number of benzene rings is 1. The van der Waals surface area contributed by atoms with Crippen LogP contribution in [0.25, 0.3) is 0 Å². The molecule has 1 aromatic carbocycles. The minimum Gasteiger partial charge on any atom is -0.492 e. The fraction of sp³-hybridized carbons (Fsp3) is 0.538. The second kappa shape index (κ2) is 5.00. The van der Waals surface area contributed by atoms with Gasteiger partial charge >= 0.3 is 6.18 Å². The molecular formula is C13H14ClF3O. The molecule has 0 unspecified atom stereocenters. The molecule has 5 heteroatoms. The van der Waals surface area contributed by atoms with Crippen LogP contribution in [0.4, 0.5) is 13.2 Å². The highest BCUT2D eigenvalue weighted by atomic mass is 35.5. The third kappa shape index (κ3) is 2.74. The summed E-state index contributed by atoms with van der Waals surface area (Å²) in [4.78, 5) is 0. The summed E-state index contributed by atoms with van der Waals surface area (Å²) >= 11 is 5.73. The van der Waals surface area contributed by atoms with E-state index in [0.717, 1.165) is 18.9 Å². The van der Waals surface area contributed by atoms with Crippen molar-refractivity contribution < 1.29 is 17.9 Å². The molecule has 1 aliphatic carbocycles. The van der Waals surface area contributed by atoms with Gasteiger partial charge in [0.2, 0.25) is 0 Å². The molecule has 1 saturated carbocycles. The van der Waals surface area contributed by atoms with E-state index >= 15 is 0 Å². The zero-order valence-corrected chi connectivity index (χ0v) is 10.7. The molecule has 0 aromatic heterocycles. The Hall–Kier alpha value is -0.900. The molecule has 2 atom stereocenters. The van der Waals surface area contributed by atoms with Gasteiger partial charge in [-0.15, -0.1) is 0 Å². The highest BCUT2D eigenvalue weighted by Crippen LogP contribution is 2.40. The van der Waals surface area contributed by atoms with Crippen molar-refractivity contribution in [3.8, 4) is 5.75 Å². The number of alkyl halides is 3. The normalized spacial score (nSPS) is 23.6. The Morgan fingerprint density at radius 2 is 2.06 bits per heavy atom. The highest BCUT2D eigenvalue weighted by Gasteiger charge is 2.34. The van der Waals surface area contributed by atoms with Crippen LogP contribution in [0.5, 0.6) is 5.75 Å². The molecule has 1 aromatic rings. The molecular weight excluding hydrogens is 265 g/mol. The smallest absolute Gasteiger partial charge is 0.417 e. The molecule has 0 spiro atoms. The summed E-state index contributed by atoms with van der Waals surface area (Å²) in [6.07, 6.45) is -2.22. The van der Waals surface area contributed by atoms with Crippen molar-refractivity contribution in [3.05, 3.63) is 28.8 Å². The van der Waals surface area contributed by atoms with Crippen molar-refractivity contribution >= 4 is 11.6 Å². The van der Waals surface area contributed by atoms with Gasteiger partial charge in [-0.3, -0.25) is 0 Å². The van der Waals surface area contributed by atoms with Gasteiger partial charge in [-0.1, -0.05) is 24.6 Å². The molecule has 18 heavy (non-hydrogen) atoms. The van der Waals surface area contributed by atoms with Gasteiger partial charge in [0.15, 0.2) is 0 Å². The highest BCUT2D eigenvalue weighted by molar-refractivity contribution is 6.32. The van der Waals surface area contributed by atoms with Crippen molar-refractivity contribution in [3.63, 3.8) is 0 Å². The molecule has 0 bridgehead atoms. The van der Waals surface area contributed by atoms with E-state index in [4.69, 9.17) is 16.3 Å². The summed E-state index contributed by atoms with van der Waals surface area (Å²) in [7, 11) is 0. The van der Waals surface area contributed by atoms with Crippen LogP contribution in [0.3, 0.4) is 0 Å². The Labute approximate surface area is 109 Å². The van der Waals surface area contributed by atoms with E-state index in [1.165, 1.54) is 12.1 Å². The molecule has 1 nitrogen and oxygen atoms in total. The molecule has 1 fully saturated rings. The lowest BCUT2D eigenvalue weighted by Gasteiger charge is -2.33. The van der Waals surface area contributed by atoms with E-state index in [9.17, 15) is 13.2 Å². The van der Waals surface area contributed by atoms with Crippen LogP contribution in [-0.2, 0) is 6.18 Å². The zero-order valence-electron chi connectivity index (χ0n) is 9.93. The second-order valence-corrected chi connectivity index (χ2v) is 5.12. The number of halogens is 4. The fourth-order valence-electron chi connectivity index (χ4n) is 2.02. The van der Waals surface area contributed by atoms with E-state index in [0.29, 0.717) is 18.4 Å². The van der Waals surface area contributed by atoms with Gasteiger partial charge in [0.25, 0.3) is 0 Å². The van der Waals surface area contributed by atoms with E-state index in [1.54, 1.807) is 0 Å². The Kier molecular flexibility index (Phi) is 3.76. The molecule has 1 aliphatic rings.